The summed E-state index contributed by atoms with van der Waals surface area (Å²) in [7, 11) is 1.70. The molecule has 4 heteroatoms. The van der Waals surface area contributed by atoms with Crippen LogP contribution in [-0.4, -0.2) is 23.2 Å². The summed E-state index contributed by atoms with van der Waals surface area (Å²) in [5.74, 6) is 4.00. The Morgan fingerprint density at radius 3 is 2.17 bits per heavy atom. The maximum atomic E-state index is 6.01. The van der Waals surface area contributed by atoms with Crippen LogP contribution in [0.1, 0.15) is 56.2 Å². The molecule has 2 aromatic carbocycles. The lowest BCUT2D eigenvalue weighted by Crippen LogP contribution is -1.98. The lowest BCUT2D eigenvalue weighted by atomic mass is 10.1. The summed E-state index contributed by atoms with van der Waals surface area (Å²) < 4.78 is 12.1. The largest absolute Gasteiger partial charge is 0.493 e. The minimum absolute atomic E-state index is 0.506. The Labute approximate surface area is 191 Å². The molecule has 2 rings (SSSR count). The summed E-state index contributed by atoms with van der Waals surface area (Å²) in [4.78, 5) is 0. The highest BCUT2D eigenvalue weighted by Gasteiger charge is 2.08. The fourth-order valence-corrected chi connectivity index (χ4v) is 5.51. The number of hydrogen-bond acceptors (Lipinski definition) is 4. The summed E-state index contributed by atoms with van der Waals surface area (Å²) in [5.41, 5.74) is 3.56. The van der Waals surface area contributed by atoms with Gasteiger partial charge in [0, 0.05) is 0 Å². The van der Waals surface area contributed by atoms with Crippen molar-refractivity contribution in [3.63, 3.8) is 0 Å². The summed E-state index contributed by atoms with van der Waals surface area (Å²) in [5, 5.41) is 0. The number of aryl methyl sites for hydroxylation is 1. The highest BCUT2D eigenvalue weighted by Crippen LogP contribution is 2.31. The Balaban J connectivity index is 2.00. The minimum Gasteiger partial charge on any atom is -0.493 e. The molecule has 0 atom stereocenters. The van der Waals surface area contributed by atoms with Gasteiger partial charge in [-0.2, -0.15) is 0 Å². The highest BCUT2D eigenvalue weighted by atomic mass is 32.2. The maximum absolute atomic E-state index is 6.01. The van der Waals surface area contributed by atoms with Crippen LogP contribution >= 0.6 is 23.5 Å². The van der Waals surface area contributed by atoms with Crippen LogP contribution in [0.3, 0.4) is 0 Å². The molecular weight excluding hydrogens is 408 g/mol. The molecular formula is C26H36O2S2. The quantitative estimate of drug-likeness (QED) is 0.217. The van der Waals surface area contributed by atoms with Crippen LogP contribution in [0.25, 0.3) is 6.08 Å². The molecule has 0 heterocycles. The second-order valence-corrected chi connectivity index (χ2v) is 10.2. The molecule has 0 saturated carbocycles. The third-order valence-electron chi connectivity index (χ3n) is 4.71. The van der Waals surface area contributed by atoms with Gasteiger partial charge in [-0.3, -0.25) is 0 Å². The van der Waals surface area contributed by atoms with E-state index < -0.39 is 0 Å². The van der Waals surface area contributed by atoms with Gasteiger partial charge >= 0.3 is 0 Å². The van der Waals surface area contributed by atoms with Crippen LogP contribution in [0.15, 0.2) is 48.5 Å². The molecule has 0 aliphatic carbocycles. The van der Waals surface area contributed by atoms with Crippen molar-refractivity contribution in [1.82, 2.24) is 0 Å². The van der Waals surface area contributed by atoms with E-state index in [1.807, 2.05) is 6.07 Å². The van der Waals surface area contributed by atoms with Gasteiger partial charge in [0.1, 0.15) is 6.61 Å². The Hall–Kier alpha value is -1.52. The van der Waals surface area contributed by atoms with Gasteiger partial charge in [-0.25, -0.2) is 0 Å². The smallest absolute Gasteiger partial charge is 0.161 e. The molecule has 2 aromatic rings. The molecule has 0 aliphatic heterocycles. The van der Waals surface area contributed by atoms with Crippen LogP contribution in [0.2, 0.25) is 0 Å². The van der Waals surface area contributed by atoms with Gasteiger partial charge in [0.05, 0.1) is 11.7 Å². The zero-order chi connectivity index (χ0) is 21.6. The average molecular weight is 445 g/mol. The topological polar surface area (TPSA) is 18.5 Å². The van der Waals surface area contributed by atoms with Crippen LogP contribution in [0.5, 0.6) is 11.5 Å². The van der Waals surface area contributed by atoms with Crippen LogP contribution < -0.4 is 9.47 Å². The second-order valence-electron chi connectivity index (χ2n) is 7.36. The van der Waals surface area contributed by atoms with E-state index in [4.69, 9.17) is 9.47 Å². The molecule has 0 spiro atoms. The Morgan fingerprint density at radius 1 is 0.900 bits per heavy atom. The summed E-state index contributed by atoms with van der Waals surface area (Å²) >= 11 is 4.11. The van der Waals surface area contributed by atoms with E-state index in [0.717, 1.165) is 22.6 Å². The first-order valence-corrected chi connectivity index (χ1v) is 13.0. The number of hydrogen-bond donors (Lipinski definition) is 0. The van der Waals surface area contributed by atoms with E-state index in [1.54, 1.807) is 7.11 Å². The second kappa shape index (κ2) is 14.5. The van der Waals surface area contributed by atoms with Crippen LogP contribution in [0.4, 0.5) is 0 Å². The third-order valence-corrected chi connectivity index (χ3v) is 7.55. The fraction of sp³-hybridized carbons (Fsp3) is 0.462. The van der Waals surface area contributed by atoms with Gasteiger partial charge in [-0.15, -0.1) is 23.5 Å². The summed E-state index contributed by atoms with van der Waals surface area (Å²) in [6.45, 7) is 7.14. The maximum Gasteiger partial charge on any atom is 0.161 e. The molecule has 0 radical (unpaired) electrons. The van der Waals surface area contributed by atoms with E-state index in [2.05, 4.69) is 92.8 Å². The van der Waals surface area contributed by atoms with Crippen LogP contribution in [0, 0.1) is 6.92 Å². The van der Waals surface area contributed by atoms with Crippen molar-refractivity contribution in [2.75, 3.05) is 18.6 Å². The summed E-state index contributed by atoms with van der Waals surface area (Å²) in [6.07, 6.45) is 9.63. The number of rotatable bonds is 14. The van der Waals surface area contributed by atoms with Crippen molar-refractivity contribution in [2.24, 2.45) is 0 Å². The first-order valence-electron chi connectivity index (χ1n) is 10.9. The van der Waals surface area contributed by atoms with Crippen molar-refractivity contribution >= 4 is 29.6 Å². The first kappa shape index (κ1) is 24.7. The van der Waals surface area contributed by atoms with E-state index in [1.165, 1.54) is 42.8 Å². The minimum atomic E-state index is 0.506. The molecule has 0 bridgehead atoms. The van der Waals surface area contributed by atoms with E-state index in [-0.39, 0.29) is 0 Å². The standard InChI is InChI=1S/C26H36O2S2/c1-5-7-17-29-26(30-18-8-6-2)16-14-22-13-15-24(25(19-22)27-4)28-20-23-11-9-21(3)10-12-23/h9-16,19,26H,5-8,17-18,20H2,1-4H3/b16-14+. The Bertz CT molecular complexity index is 746. The number of benzene rings is 2. The van der Waals surface area contributed by atoms with Crippen molar-refractivity contribution < 1.29 is 9.47 Å². The van der Waals surface area contributed by atoms with Gasteiger partial charge in [-0.05, 0) is 54.5 Å². The molecule has 164 valence electrons. The number of methoxy groups -OCH3 is 1. The molecule has 30 heavy (non-hydrogen) atoms. The van der Waals surface area contributed by atoms with Crippen molar-refractivity contribution in [2.45, 2.75) is 57.6 Å². The monoisotopic (exact) mass is 444 g/mol. The number of ether oxygens (including phenoxy) is 2. The normalized spacial score (nSPS) is 11.4. The van der Waals surface area contributed by atoms with E-state index in [0.29, 0.717) is 11.2 Å². The van der Waals surface area contributed by atoms with Crippen LogP contribution in [-0.2, 0) is 6.61 Å². The zero-order valence-corrected chi connectivity index (χ0v) is 20.5. The molecule has 0 amide bonds. The number of unbranched alkanes of at least 4 members (excludes halogenated alkanes) is 2. The molecule has 0 saturated heterocycles. The van der Waals surface area contributed by atoms with Gasteiger partial charge in [0.15, 0.2) is 11.5 Å². The lowest BCUT2D eigenvalue weighted by molar-refractivity contribution is 0.284. The van der Waals surface area contributed by atoms with Gasteiger partial charge in [0.2, 0.25) is 0 Å². The van der Waals surface area contributed by atoms with E-state index >= 15 is 0 Å². The van der Waals surface area contributed by atoms with Crippen molar-refractivity contribution in [1.29, 1.82) is 0 Å². The predicted octanol–water partition coefficient (Wildman–Crippen LogP) is 7.99. The van der Waals surface area contributed by atoms with Gasteiger partial charge in [-0.1, -0.05) is 74.7 Å². The Morgan fingerprint density at radius 2 is 1.57 bits per heavy atom. The van der Waals surface area contributed by atoms with Crippen molar-refractivity contribution in [3.05, 3.63) is 65.2 Å². The van der Waals surface area contributed by atoms with E-state index in [9.17, 15) is 0 Å². The van der Waals surface area contributed by atoms with Gasteiger partial charge in [0.25, 0.3) is 0 Å². The molecule has 0 unspecified atom stereocenters. The highest BCUT2D eigenvalue weighted by molar-refractivity contribution is 8.17. The number of thioether (sulfide) groups is 2. The zero-order valence-electron chi connectivity index (χ0n) is 18.9. The Kier molecular flexibility index (Phi) is 11.9. The molecule has 0 aliphatic rings. The lowest BCUT2D eigenvalue weighted by Gasteiger charge is -2.13. The third kappa shape index (κ3) is 9.09. The predicted molar refractivity (Wildman–Crippen MR) is 136 cm³/mol. The first-order chi connectivity index (χ1) is 14.7. The molecule has 2 nitrogen and oxygen atoms in total. The molecule has 0 fully saturated rings. The molecule has 0 N–H and O–H groups in total. The average Bonchev–Trinajstić information content (AvgIpc) is 2.77. The van der Waals surface area contributed by atoms with Crippen molar-refractivity contribution in [3.8, 4) is 11.5 Å². The SMILES string of the molecule is CCCCSC(/C=C/c1ccc(OCc2ccc(C)cc2)c(OC)c1)SCCCC. The molecule has 0 aromatic heterocycles. The fourth-order valence-electron chi connectivity index (χ4n) is 2.79. The van der Waals surface area contributed by atoms with Gasteiger partial charge < -0.3 is 9.47 Å². The summed E-state index contributed by atoms with van der Waals surface area (Å²) in [6, 6.07) is 14.6.